The van der Waals surface area contributed by atoms with Gasteiger partial charge >= 0.3 is 5.88 Å². The van der Waals surface area contributed by atoms with Crippen LogP contribution >= 0.6 is 0 Å². The number of hydrogen-bond acceptors (Lipinski definition) is 12. The highest BCUT2D eigenvalue weighted by Gasteiger charge is 2.25. The van der Waals surface area contributed by atoms with Crippen molar-refractivity contribution in [2.24, 2.45) is 5.10 Å². The molecule has 0 atom stereocenters. The number of nitrogens with zero attached hydrogens (tertiary/aromatic N) is 8. The Morgan fingerprint density at radius 2 is 2.09 bits per heavy atom. The van der Waals surface area contributed by atoms with Crippen LogP contribution < -0.4 is 11.2 Å². The molecule has 0 aromatic carbocycles. The normalized spacial score (nSPS) is 11.5. The maximum Gasteiger partial charge on any atom is 0.433 e. The van der Waals surface area contributed by atoms with Gasteiger partial charge in [0.25, 0.3) is 5.91 Å². The lowest BCUT2D eigenvalue weighted by atomic mass is 10.2. The van der Waals surface area contributed by atoms with Gasteiger partial charge in [0.15, 0.2) is 11.5 Å². The van der Waals surface area contributed by atoms with Gasteiger partial charge in [-0.05, 0) is 42.3 Å². The number of aromatic nitrogens is 5. The molecule has 0 bridgehead atoms. The summed E-state index contributed by atoms with van der Waals surface area (Å²) in [6.07, 6.45) is 2.96. The first-order valence-corrected chi connectivity index (χ1v) is 9.77. The molecule has 15 heteroatoms. The second kappa shape index (κ2) is 10.3. The Balaban J connectivity index is 1.84. The molecule has 32 heavy (non-hydrogen) atoms. The molecule has 0 fully saturated rings. The van der Waals surface area contributed by atoms with Crippen LogP contribution in [-0.4, -0.2) is 60.3 Å². The average molecular weight is 446 g/mol. The SMILES string of the molecule is CCCN(CCC)Cc1c(C(=O)NN=Cc2ccc([N+](=O)[O-])o2)nnn1-c1nonc1N. The Labute approximate surface area is 181 Å². The third-order valence-electron chi connectivity index (χ3n) is 4.28. The Bertz CT molecular complexity index is 1100. The second-order valence-corrected chi connectivity index (χ2v) is 6.68. The lowest BCUT2D eigenvalue weighted by Crippen LogP contribution is -2.28. The minimum Gasteiger partial charge on any atom is -0.400 e. The van der Waals surface area contributed by atoms with Crippen molar-refractivity contribution in [1.29, 1.82) is 0 Å². The molecule has 1 amide bonds. The van der Waals surface area contributed by atoms with Crippen molar-refractivity contribution >= 4 is 23.8 Å². The van der Waals surface area contributed by atoms with E-state index in [4.69, 9.17) is 10.2 Å². The van der Waals surface area contributed by atoms with Gasteiger partial charge in [-0.3, -0.25) is 19.8 Å². The number of nitro groups is 1. The Morgan fingerprint density at radius 1 is 1.34 bits per heavy atom. The van der Waals surface area contributed by atoms with Gasteiger partial charge in [0.2, 0.25) is 11.6 Å². The number of rotatable bonds is 11. The predicted octanol–water partition coefficient (Wildman–Crippen LogP) is 1.12. The van der Waals surface area contributed by atoms with Gasteiger partial charge < -0.3 is 10.2 Å². The van der Waals surface area contributed by atoms with E-state index in [-0.39, 0.29) is 23.1 Å². The Hall–Kier alpha value is -4.14. The van der Waals surface area contributed by atoms with Crippen LogP contribution in [0.15, 0.2) is 26.3 Å². The monoisotopic (exact) mass is 446 g/mol. The third-order valence-corrected chi connectivity index (χ3v) is 4.28. The van der Waals surface area contributed by atoms with Crippen LogP contribution in [0.25, 0.3) is 5.82 Å². The van der Waals surface area contributed by atoms with E-state index < -0.39 is 16.7 Å². The molecular weight excluding hydrogens is 424 g/mol. The molecule has 3 heterocycles. The molecule has 3 aromatic rings. The number of anilines is 1. The Morgan fingerprint density at radius 3 is 2.69 bits per heavy atom. The first kappa shape index (κ1) is 22.5. The fourth-order valence-corrected chi connectivity index (χ4v) is 2.96. The summed E-state index contributed by atoms with van der Waals surface area (Å²) in [6, 6.07) is 2.53. The summed E-state index contributed by atoms with van der Waals surface area (Å²) in [6.45, 7) is 6.04. The van der Waals surface area contributed by atoms with Gasteiger partial charge in [-0.1, -0.05) is 19.1 Å². The number of carbonyl (C=O) groups excluding carboxylic acids is 1. The average Bonchev–Trinajstić information content (AvgIpc) is 3.48. The molecule has 3 aromatic heterocycles. The summed E-state index contributed by atoms with van der Waals surface area (Å²) >= 11 is 0. The van der Waals surface area contributed by atoms with Crippen molar-refractivity contribution in [3.8, 4) is 5.82 Å². The molecule has 0 aliphatic rings. The van der Waals surface area contributed by atoms with E-state index in [9.17, 15) is 14.9 Å². The zero-order chi connectivity index (χ0) is 23.1. The molecule has 170 valence electrons. The van der Waals surface area contributed by atoms with Crippen LogP contribution in [0.2, 0.25) is 0 Å². The van der Waals surface area contributed by atoms with Gasteiger partial charge in [0.05, 0.1) is 18.0 Å². The number of amides is 1. The quantitative estimate of drug-likeness (QED) is 0.243. The summed E-state index contributed by atoms with van der Waals surface area (Å²) < 4.78 is 10.9. The predicted molar refractivity (Wildman–Crippen MR) is 110 cm³/mol. The van der Waals surface area contributed by atoms with Gasteiger partial charge in [-0.25, -0.2) is 10.1 Å². The van der Waals surface area contributed by atoms with Crippen LogP contribution in [0.3, 0.4) is 0 Å². The number of hydrogen-bond donors (Lipinski definition) is 2. The molecule has 0 aliphatic heterocycles. The second-order valence-electron chi connectivity index (χ2n) is 6.68. The molecule has 3 N–H and O–H groups in total. The molecular formula is C17H22N10O5. The van der Waals surface area contributed by atoms with E-state index in [2.05, 4.69) is 54.5 Å². The standard InChI is InChI=1S/C17H22N10O5/c1-3-7-25(8-4-2)10-12-14(20-24-26(12)16-15(18)22-32-23-16)17(28)21-19-9-11-5-6-13(31-11)27(29)30/h5-6,9H,3-4,7-8,10H2,1-2H3,(H2,18,22)(H,21,28). The fourth-order valence-electron chi connectivity index (χ4n) is 2.96. The lowest BCUT2D eigenvalue weighted by Gasteiger charge is -2.21. The van der Waals surface area contributed by atoms with E-state index in [1.807, 2.05) is 0 Å². The van der Waals surface area contributed by atoms with Gasteiger partial charge in [-0.15, -0.1) is 5.10 Å². The molecule has 0 saturated carbocycles. The van der Waals surface area contributed by atoms with E-state index in [0.29, 0.717) is 12.2 Å². The third kappa shape index (κ3) is 5.12. The van der Waals surface area contributed by atoms with E-state index in [0.717, 1.165) is 32.1 Å². The number of nitrogen functional groups attached to an aromatic ring is 1. The molecule has 0 radical (unpaired) electrons. The van der Waals surface area contributed by atoms with Crippen LogP contribution in [0, 0.1) is 10.1 Å². The summed E-state index contributed by atoms with van der Waals surface area (Å²) in [5, 5.41) is 29.7. The van der Waals surface area contributed by atoms with Crippen molar-refractivity contribution in [1.82, 2.24) is 35.6 Å². The first-order chi connectivity index (χ1) is 15.4. The molecule has 0 unspecified atom stereocenters. The number of hydrazone groups is 1. The first-order valence-electron chi connectivity index (χ1n) is 9.77. The highest BCUT2D eigenvalue weighted by atomic mass is 16.6. The van der Waals surface area contributed by atoms with Crippen molar-refractivity contribution in [2.75, 3.05) is 18.8 Å². The number of nitrogens with one attached hydrogen (secondary N) is 1. The number of nitrogens with two attached hydrogens (primary N) is 1. The Kier molecular flexibility index (Phi) is 7.22. The van der Waals surface area contributed by atoms with Crippen LogP contribution in [-0.2, 0) is 6.54 Å². The van der Waals surface area contributed by atoms with Crippen molar-refractivity contribution in [3.05, 3.63) is 39.4 Å². The summed E-state index contributed by atoms with van der Waals surface area (Å²) in [5.74, 6) is -0.872. The minimum atomic E-state index is -0.677. The van der Waals surface area contributed by atoms with E-state index in [1.54, 1.807) is 0 Å². The molecule has 0 spiro atoms. The largest absolute Gasteiger partial charge is 0.433 e. The maximum absolute atomic E-state index is 12.7. The van der Waals surface area contributed by atoms with Crippen molar-refractivity contribution < 1.29 is 18.8 Å². The zero-order valence-electron chi connectivity index (χ0n) is 17.5. The van der Waals surface area contributed by atoms with E-state index >= 15 is 0 Å². The molecule has 15 nitrogen and oxygen atoms in total. The van der Waals surface area contributed by atoms with Crippen LogP contribution in [0.5, 0.6) is 0 Å². The summed E-state index contributed by atoms with van der Waals surface area (Å²) in [4.78, 5) is 24.9. The zero-order valence-corrected chi connectivity index (χ0v) is 17.5. The van der Waals surface area contributed by atoms with Gasteiger partial charge in [-0.2, -0.15) is 9.78 Å². The van der Waals surface area contributed by atoms with Crippen LogP contribution in [0.4, 0.5) is 11.7 Å². The molecule has 0 saturated heterocycles. The highest BCUT2D eigenvalue weighted by molar-refractivity contribution is 5.94. The van der Waals surface area contributed by atoms with Crippen LogP contribution in [0.1, 0.15) is 48.6 Å². The maximum atomic E-state index is 12.7. The van der Waals surface area contributed by atoms with E-state index in [1.165, 1.54) is 16.8 Å². The topological polar surface area (TPSA) is 197 Å². The van der Waals surface area contributed by atoms with Crippen molar-refractivity contribution in [2.45, 2.75) is 33.2 Å². The minimum absolute atomic E-state index is 0.00178. The lowest BCUT2D eigenvalue weighted by molar-refractivity contribution is -0.402. The molecule has 0 aliphatic carbocycles. The van der Waals surface area contributed by atoms with Crippen molar-refractivity contribution in [3.63, 3.8) is 0 Å². The summed E-state index contributed by atoms with van der Waals surface area (Å²) in [7, 11) is 0. The van der Waals surface area contributed by atoms with Gasteiger partial charge in [0, 0.05) is 6.54 Å². The van der Waals surface area contributed by atoms with Gasteiger partial charge in [0.1, 0.15) is 4.92 Å². The highest BCUT2D eigenvalue weighted by Crippen LogP contribution is 2.18. The molecule has 3 rings (SSSR count). The number of carbonyl (C=O) groups is 1. The summed E-state index contributed by atoms with van der Waals surface area (Å²) in [5.41, 5.74) is 8.54. The fraction of sp³-hybridized carbons (Fsp3) is 0.412. The smallest absolute Gasteiger partial charge is 0.400 e. The number of furan rings is 1.